The molecule has 4 aromatic rings. The molecule has 73 heavy (non-hydrogen) atoms. The Balaban J connectivity index is 1.00. The molecule has 3 N–H and O–H groups in total. The Morgan fingerprint density at radius 1 is 0.863 bits per heavy atom. The Labute approximate surface area is 436 Å². The fourth-order valence-corrected chi connectivity index (χ4v) is 12.3. The first kappa shape index (κ1) is 55.9. The summed E-state index contributed by atoms with van der Waals surface area (Å²) in [6.07, 6.45) is 2.48. The fourth-order valence-electron chi connectivity index (χ4n) is 9.14. The molecule has 0 aromatic heterocycles. The second kappa shape index (κ2) is 23.8. The average Bonchev–Trinajstić information content (AvgIpc) is 3.34. The Kier molecular flexibility index (Phi) is 18.2. The van der Waals surface area contributed by atoms with Crippen LogP contribution in [0, 0.1) is 5.41 Å². The largest absolute Gasteiger partial charge is 0.501 e. The predicted molar refractivity (Wildman–Crippen MR) is 280 cm³/mol. The van der Waals surface area contributed by atoms with Crippen LogP contribution in [-0.4, -0.2) is 134 Å². The number of morpholine rings is 1. The molecule has 1 aliphatic carbocycles. The topological polar surface area (TPSA) is 167 Å². The molecule has 0 saturated carbocycles. The van der Waals surface area contributed by atoms with Gasteiger partial charge in [0.2, 0.25) is 0 Å². The second-order valence-corrected chi connectivity index (χ2v) is 25.1. The maximum atomic E-state index is 14.2. The molecule has 3 aliphatic rings. The number of hydrogen-bond donors (Lipinski definition) is 3. The number of ether oxygens (including phenoxy) is 2. The number of thioether (sulfide) groups is 1. The van der Waals surface area contributed by atoms with Crippen LogP contribution in [0.3, 0.4) is 0 Å². The Morgan fingerprint density at radius 2 is 1.53 bits per heavy atom. The number of carbonyl (C=O) groups excluding carboxylic acids is 2. The molecule has 2 aliphatic heterocycles. The molecule has 2 saturated heterocycles. The van der Waals surface area contributed by atoms with Crippen molar-refractivity contribution < 1.29 is 49.1 Å². The highest BCUT2D eigenvalue weighted by Crippen LogP contribution is 2.43. The lowest BCUT2D eigenvalue weighted by atomic mass is 9.71. The quantitative estimate of drug-likeness (QED) is 0.0808. The van der Waals surface area contributed by atoms with Gasteiger partial charge in [-0.15, -0.1) is 11.8 Å². The minimum Gasteiger partial charge on any atom is -0.444 e. The number of amides is 2. The third kappa shape index (κ3) is 15.4. The first-order valence-electron chi connectivity index (χ1n) is 24.3. The van der Waals surface area contributed by atoms with Crippen LogP contribution in [0.15, 0.2) is 117 Å². The number of sulfone groups is 1. The highest BCUT2D eigenvalue weighted by molar-refractivity contribution is 7.99. The number of hydrogen-bond acceptors (Lipinski definition) is 13. The van der Waals surface area contributed by atoms with Crippen molar-refractivity contribution in [2.75, 3.05) is 88.1 Å². The van der Waals surface area contributed by atoms with Crippen LogP contribution in [0.25, 0.3) is 5.57 Å². The summed E-state index contributed by atoms with van der Waals surface area (Å²) in [4.78, 5) is 31.5. The number of halogens is 4. The zero-order valence-electron chi connectivity index (χ0n) is 41.5. The van der Waals surface area contributed by atoms with Crippen LogP contribution < -0.4 is 20.3 Å². The van der Waals surface area contributed by atoms with E-state index in [-0.39, 0.29) is 11.0 Å². The van der Waals surface area contributed by atoms with Crippen LogP contribution in [0.1, 0.15) is 69.3 Å². The highest BCUT2D eigenvalue weighted by Gasteiger charge is 2.48. The summed E-state index contributed by atoms with van der Waals surface area (Å²) in [6, 6.07) is 25.4. The number of nitrogens with one attached hydrogen (secondary N) is 3. The van der Waals surface area contributed by atoms with E-state index in [1.165, 1.54) is 35.0 Å². The van der Waals surface area contributed by atoms with Crippen LogP contribution in [0.4, 0.5) is 29.3 Å². The lowest BCUT2D eigenvalue weighted by Gasteiger charge is -2.41. The standard InChI is InChI=1S/C52H64ClF3N6O8S3/c1-50(2,3)70-49(64)57-36-51(4)22-20-45(37-10-14-40(53)15-11-37)39(33-51)34-61-24-26-62(27-25-61)42-16-12-38(13-17-42)48(63)59-73(67,68)44-18-19-46(47(32-44)72(65,66)52(54,55)56)58-41(21-23-60-28-30-69-31-29-60)35-71-43-8-6-5-7-9-43/h5-19,32,41,58H,20-31,33-36H2,1-4H3,(H,57,64)(H,59,63). The number of anilines is 2. The van der Waals surface area contributed by atoms with Crippen LogP contribution in [0.2, 0.25) is 5.02 Å². The lowest BCUT2D eigenvalue weighted by Crippen LogP contribution is -2.47. The number of rotatable bonds is 18. The average molecular weight is 1090 g/mol. The summed E-state index contributed by atoms with van der Waals surface area (Å²) in [7, 11) is -11.0. The van der Waals surface area contributed by atoms with E-state index in [2.05, 4.69) is 32.3 Å². The molecule has 2 fully saturated rings. The lowest BCUT2D eigenvalue weighted by molar-refractivity contribution is -0.0436. The van der Waals surface area contributed by atoms with E-state index in [4.69, 9.17) is 21.1 Å². The predicted octanol–water partition coefficient (Wildman–Crippen LogP) is 9.34. The number of allylic oxidation sites excluding steroid dienone is 1. The molecule has 14 nitrogen and oxygen atoms in total. The number of alkyl carbamates (subject to hydrolysis) is 1. The molecule has 0 radical (unpaired) electrons. The summed E-state index contributed by atoms with van der Waals surface area (Å²) in [6.45, 7) is 14.6. The van der Waals surface area contributed by atoms with Crippen molar-refractivity contribution in [2.24, 2.45) is 5.41 Å². The van der Waals surface area contributed by atoms with Gasteiger partial charge in [0, 0.05) is 91.9 Å². The van der Waals surface area contributed by atoms with Gasteiger partial charge in [-0.3, -0.25) is 14.6 Å². The van der Waals surface area contributed by atoms with Crippen molar-refractivity contribution in [3.63, 3.8) is 0 Å². The Hall–Kier alpha value is -4.83. The van der Waals surface area contributed by atoms with Gasteiger partial charge in [-0.05, 0) is 130 Å². The number of sulfonamides is 1. The third-order valence-corrected chi connectivity index (χ3v) is 17.4. The summed E-state index contributed by atoms with van der Waals surface area (Å²) >= 11 is 7.69. The number of alkyl halides is 3. The summed E-state index contributed by atoms with van der Waals surface area (Å²) in [5.74, 6) is -0.695. The molecule has 0 bridgehead atoms. The third-order valence-electron chi connectivity index (χ3n) is 13.1. The maximum Gasteiger partial charge on any atom is 0.501 e. The molecule has 396 valence electrons. The van der Waals surface area contributed by atoms with Crippen LogP contribution in [-0.2, 0) is 29.3 Å². The van der Waals surface area contributed by atoms with Crippen molar-refractivity contribution in [3.8, 4) is 0 Å². The van der Waals surface area contributed by atoms with Crippen molar-refractivity contribution >= 4 is 72.2 Å². The normalized spacial score (nSPS) is 19.0. The van der Waals surface area contributed by atoms with Crippen molar-refractivity contribution in [1.82, 2.24) is 19.8 Å². The Morgan fingerprint density at radius 3 is 2.18 bits per heavy atom. The van der Waals surface area contributed by atoms with Gasteiger partial charge < -0.3 is 25.0 Å². The van der Waals surface area contributed by atoms with E-state index < -0.39 is 64.5 Å². The maximum absolute atomic E-state index is 14.2. The first-order chi connectivity index (χ1) is 34.5. The monoisotopic (exact) mass is 1090 g/mol. The fraction of sp³-hybridized carbons (Fsp3) is 0.462. The summed E-state index contributed by atoms with van der Waals surface area (Å²) in [5.41, 5.74) is -2.51. The van der Waals surface area contributed by atoms with Gasteiger partial charge >= 0.3 is 11.6 Å². The van der Waals surface area contributed by atoms with Crippen molar-refractivity contribution in [2.45, 2.75) is 85.2 Å². The molecule has 7 rings (SSSR count). The highest BCUT2D eigenvalue weighted by atomic mass is 35.5. The van der Waals surface area contributed by atoms with Crippen LogP contribution in [0.5, 0.6) is 0 Å². The van der Waals surface area contributed by atoms with E-state index in [0.717, 1.165) is 67.2 Å². The van der Waals surface area contributed by atoms with Gasteiger partial charge in [-0.25, -0.2) is 26.4 Å². The van der Waals surface area contributed by atoms with Crippen molar-refractivity contribution in [3.05, 3.63) is 119 Å². The zero-order chi connectivity index (χ0) is 52.6. The summed E-state index contributed by atoms with van der Waals surface area (Å²) < 4.78 is 109. The molecule has 21 heteroatoms. The minimum absolute atomic E-state index is 0.0328. The zero-order valence-corrected chi connectivity index (χ0v) is 44.7. The molecule has 0 spiro atoms. The van der Waals surface area contributed by atoms with Crippen LogP contribution >= 0.6 is 23.4 Å². The van der Waals surface area contributed by atoms with E-state index >= 15 is 0 Å². The van der Waals surface area contributed by atoms with E-state index in [0.29, 0.717) is 75.7 Å². The van der Waals surface area contributed by atoms with E-state index in [1.54, 1.807) is 12.1 Å². The molecule has 2 heterocycles. The second-order valence-electron chi connectivity index (χ2n) is 20.0. The van der Waals surface area contributed by atoms with Gasteiger partial charge in [0.25, 0.3) is 25.8 Å². The number of piperazine rings is 1. The number of nitrogens with zero attached hydrogens (tertiary/aromatic N) is 3. The molecule has 2 unspecified atom stereocenters. The SMILES string of the molecule is CC1(CNC(=O)OC(C)(C)C)CCC(c2ccc(Cl)cc2)=C(CN2CCN(c3ccc(C(=O)NS(=O)(=O)c4ccc(NC(CCN5CCOCC5)CSc5ccccc5)c(S(=O)(=O)C(F)(F)F)c4)cc3)CC2)C1. The molecule has 4 aromatic carbocycles. The molecular formula is C52H64ClF3N6O8S3. The minimum atomic E-state index is -6.08. The van der Waals surface area contributed by atoms with Crippen molar-refractivity contribution in [1.29, 1.82) is 0 Å². The Bertz CT molecular complexity index is 2800. The summed E-state index contributed by atoms with van der Waals surface area (Å²) in [5, 5.41) is 6.64. The number of carbonyl (C=O) groups is 2. The number of benzene rings is 4. The van der Waals surface area contributed by atoms with E-state index in [9.17, 15) is 39.6 Å². The molecule has 2 atom stereocenters. The smallest absolute Gasteiger partial charge is 0.444 e. The van der Waals surface area contributed by atoms with Gasteiger partial charge in [-0.2, -0.15) is 13.2 Å². The molecule has 2 amide bonds. The van der Waals surface area contributed by atoms with Gasteiger partial charge in [-0.1, -0.05) is 54.4 Å². The first-order valence-corrected chi connectivity index (χ1v) is 28.6. The van der Waals surface area contributed by atoms with Gasteiger partial charge in [0.15, 0.2) is 0 Å². The van der Waals surface area contributed by atoms with Gasteiger partial charge in [0.05, 0.1) is 23.8 Å². The molecular weight excluding hydrogens is 1030 g/mol. The van der Waals surface area contributed by atoms with Gasteiger partial charge in [0.1, 0.15) is 10.5 Å². The van der Waals surface area contributed by atoms with E-state index in [1.807, 2.05) is 80.1 Å².